The summed E-state index contributed by atoms with van der Waals surface area (Å²) in [5.74, 6) is 0.294. The van der Waals surface area contributed by atoms with Crippen molar-refractivity contribution in [3.8, 4) is 0 Å². The third-order valence-electron chi connectivity index (χ3n) is 4.45. The number of piperidine rings is 1. The van der Waals surface area contributed by atoms with Gasteiger partial charge in [-0.15, -0.1) is 0 Å². The molecule has 2 fully saturated rings. The summed E-state index contributed by atoms with van der Waals surface area (Å²) in [6.07, 6.45) is 6.39. The second kappa shape index (κ2) is 6.53. The van der Waals surface area contributed by atoms with E-state index in [4.69, 9.17) is 0 Å². The molecule has 2 atom stereocenters. The molecule has 2 saturated heterocycles. The van der Waals surface area contributed by atoms with E-state index in [1.54, 1.807) is 0 Å². The smallest absolute Gasteiger partial charge is 0.224 e. The van der Waals surface area contributed by atoms with Crippen molar-refractivity contribution in [2.75, 3.05) is 26.2 Å². The number of aliphatic hydroxyl groups is 1. The zero-order valence-corrected chi connectivity index (χ0v) is 11.5. The minimum absolute atomic E-state index is 0.230. The van der Waals surface area contributed by atoms with Crippen molar-refractivity contribution in [2.24, 2.45) is 0 Å². The number of carbonyl (C=O) groups excluding carboxylic acids is 1. The van der Waals surface area contributed by atoms with Crippen LogP contribution in [-0.2, 0) is 4.79 Å². The average molecular weight is 254 g/mol. The largest absolute Gasteiger partial charge is 0.395 e. The van der Waals surface area contributed by atoms with E-state index in [1.807, 2.05) is 4.90 Å². The summed E-state index contributed by atoms with van der Waals surface area (Å²) < 4.78 is 0. The van der Waals surface area contributed by atoms with Gasteiger partial charge in [0.1, 0.15) is 0 Å². The molecule has 0 spiro atoms. The fourth-order valence-electron chi connectivity index (χ4n) is 3.25. The Morgan fingerprint density at radius 2 is 2.06 bits per heavy atom. The molecule has 0 aliphatic carbocycles. The van der Waals surface area contributed by atoms with Crippen LogP contribution in [0.3, 0.4) is 0 Å². The van der Waals surface area contributed by atoms with Crippen molar-refractivity contribution in [2.45, 2.75) is 57.5 Å². The molecule has 1 amide bonds. The van der Waals surface area contributed by atoms with E-state index in [-0.39, 0.29) is 12.6 Å². The van der Waals surface area contributed by atoms with E-state index in [0.717, 1.165) is 38.9 Å². The Morgan fingerprint density at radius 3 is 2.72 bits per heavy atom. The number of amides is 1. The van der Waals surface area contributed by atoms with Crippen LogP contribution in [0.15, 0.2) is 0 Å². The van der Waals surface area contributed by atoms with Crippen molar-refractivity contribution >= 4 is 5.91 Å². The molecule has 0 bridgehead atoms. The molecule has 0 aromatic rings. The molecule has 4 heteroatoms. The number of hydrogen-bond acceptors (Lipinski definition) is 3. The molecular weight excluding hydrogens is 228 g/mol. The topological polar surface area (TPSA) is 43.8 Å². The van der Waals surface area contributed by atoms with Gasteiger partial charge in [0.2, 0.25) is 5.91 Å². The molecule has 2 heterocycles. The van der Waals surface area contributed by atoms with E-state index in [2.05, 4.69) is 11.8 Å². The van der Waals surface area contributed by atoms with Crippen LogP contribution in [0.4, 0.5) is 0 Å². The highest BCUT2D eigenvalue weighted by molar-refractivity contribution is 5.77. The summed E-state index contributed by atoms with van der Waals surface area (Å²) in [7, 11) is 0. The number of rotatable bonds is 4. The maximum Gasteiger partial charge on any atom is 0.224 e. The van der Waals surface area contributed by atoms with Gasteiger partial charge in [-0.2, -0.15) is 0 Å². The van der Waals surface area contributed by atoms with E-state index in [0.29, 0.717) is 18.4 Å². The van der Waals surface area contributed by atoms with Crippen molar-refractivity contribution < 1.29 is 9.90 Å². The normalized spacial score (nSPS) is 29.8. The molecular formula is C14H26N2O2. The summed E-state index contributed by atoms with van der Waals surface area (Å²) in [6, 6.07) is 0.704. The second-order valence-electron chi connectivity index (χ2n) is 5.70. The van der Waals surface area contributed by atoms with Crippen LogP contribution >= 0.6 is 0 Å². The minimum atomic E-state index is 0.230. The fourth-order valence-corrected chi connectivity index (χ4v) is 3.25. The maximum atomic E-state index is 12.1. The van der Waals surface area contributed by atoms with Crippen LogP contribution in [0.25, 0.3) is 0 Å². The zero-order chi connectivity index (χ0) is 13.0. The predicted octanol–water partition coefficient (Wildman–Crippen LogP) is 1.23. The highest BCUT2D eigenvalue weighted by atomic mass is 16.3. The van der Waals surface area contributed by atoms with Crippen LogP contribution in [0.5, 0.6) is 0 Å². The fraction of sp³-hybridized carbons (Fsp3) is 0.929. The van der Waals surface area contributed by atoms with Gasteiger partial charge in [0.25, 0.3) is 0 Å². The first-order valence-electron chi connectivity index (χ1n) is 7.36. The summed E-state index contributed by atoms with van der Waals surface area (Å²) in [4.78, 5) is 16.4. The van der Waals surface area contributed by atoms with Crippen LogP contribution in [0.1, 0.15) is 45.4 Å². The number of aliphatic hydroxyl groups excluding tert-OH is 1. The van der Waals surface area contributed by atoms with Crippen molar-refractivity contribution in [1.82, 2.24) is 9.80 Å². The highest BCUT2D eigenvalue weighted by Crippen LogP contribution is 2.19. The SMILES string of the molecule is CC1CCCN1C(=O)CCN1CCCCC1CO. The first-order valence-corrected chi connectivity index (χ1v) is 7.36. The molecule has 0 aromatic heterocycles. The van der Waals surface area contributed by atoms with Gasteiger partial charge < -0.3 is 10.0 Å². The van der Waals surface area contributed by atoms with Gasteiger partial charge in [0, 0.05) is 31.6 Å². The van der Waals surface area contributed by atoms with Gasteiger partial charge in [-0.05, 0) is 39.2 Å². The molecule has 0 saturated carbocycles. The maximum absolute atomic E-state index is 12.1. The first kappa shape index (κ1) is 13.8. The van der Waals surface area contributed by atoms with E-state index >= 15 is 0 Å². The summed E-state index contributed by atoms with van der Waals surface area (Å²) >= 11 is 0. The standard InChI is InChI=1S/C14H26N2O2/c1-12-5-4-9-16(12)14(18)7-10-15-8-3-2-6-13(15)11-17/h12-13,17H,2-11H2,1H3. The second-order valence-corrected chi connectivity index (χ2v) is 5.70. The van der Waals surface area contributed by atoms with Gasteiger partial charge >= 0.3 is 0 Å². The quantitative estimate of drug-likeness (QED) is 0.821. The monoisotopic (exact) mass is 254 g/mol. The zero-order valence-electron chi connectivity index (χ0n) is 11.5. The Bertz CT molecular complexity index is 283. The Morgan fingerprint density at radius 1 is 1.22 bits per heavy atom. The molecule has 2 aliphatic heterocycles. The van der Waals surface area contributed by atoms with Gasteiger partial charge in [-0.25, -0.2) is 0 Å². The van der Waals surface area contributed by atoms with Crippen molar-refractivity contribution in [3.05, 3.63) is 0 Å². The molecule has 2 unspecified atom stereocenters. The Kier molecular flexibility index (Phi) is 5.01. The van der Waals surface area contributed by atoms with Crippen LogP contribution in [0, 0.1) is 0 Å². The molecule has 2 aliphatic rings. The number of nitrogens with zero attached hydrogens (tertiary/aromatic N) is 2. The highest BCUT2D eigenvalue weighted by Gasteiger charge is 2.27. The molecule has 18 heavy (non-hydrogen) atoms. The third-order valence-corrected chi connectivity index (χ3v) is 4.45. The van der Waals surface area contributed by atoms with E-state index in [9.17, 15) is 9.90 Å². The molecule has 0 aromatic carbocycles. The van der Waals surface area contributed by atoms with Crippen LogP contribution in [-0.4, -0.2) is 59.1 Å². The number of hydrogen-bond donors (Lipinski definition) is 1. The van der Waals surface area contributed by atoms with E-state index < -0.39 is 0 Å². The molecule has 1 N–H and O–H groups in total. The lowest BCUT2D eigenvalue weighted by Crippen LogP contribution is -2.44. The predicted molar refractivity (Wildman–Crippen MR) is 71.3 cm³/mol. The summed E-state index contributed by atoms with van der Waals surface area (Å²) in [5.41, 5.74) is 0. The molecule has 0 radical (unpaired) electrons. The molecule has 104 valence electrons. The third kappa shape index (κ3) is 3.23. The summed E-state index contributed by atoms with van der Waals surface area (Å²) in [6.45, 7) is 5.15. The van der Waals surface area contributed by atoms with Gasteiger partial charge in [0.15, 0.2) is 0 Å². The average Bonchev–Trinajstić information content (AvgIpc) is 2.82. The lowest BCUT2D eigenvalue weighted by atomic mass is 10.0. The van der Waals surface area contributed by atoms with Crippen LogP contribution in [0.2, 0.25) is 0 Å². The lowest BCUT2D eigenvalue weighted by Gasteiger charge is -2.34. The number of carbonyl (C=O) groups is 1. The van der Waals surface area contributed by atoms with Crippen molar-refractivity contribution in [1.29, 1.82) is 0 Å². The molecule has 4 nitrogen and oxygen atoms in total. The van der Waals surface area contributed by atoms with E-state index in [1.165, 1.54) is 12.8 Å². The minimum Gasteiger partial charge on any atom is -0.395 e. The Balaban J connectivity index is 1.77. The summed E-state index contributed by atoms with van der Waals surface area (Å²) in [5, 5.41) is 9.34. The van der Waals surface area contributed by atoms with Crippen molar-refractivity contribution in [3.63, 3.8) is 0 Å². The van der Waals surface area contributed by atoms with Gasteiger partial charge in [-0.1, -0.05) is 6.42 Å². The Hall–Kier alpha value is -0.610. The van der Waals surface area contributed by atoms with Gasteiger partial charge in [0.05, 0.1) is 6.61 Å². The molecule has 2 rings (SSSR count). The number of likely N-dealkylation sites (tertiary alicyclic amines) is 2. The van der Waals surface area contributed by atoms with Gasteiger partial charge in [-0.3, -0.25) is 9.69 Å². The van der Waals surface area contributed by atoms with Crippen LogP contribution < -0.4 is 0 Å². The Labute approximate surface area is 110 Å². The lowest BCUT2D eigenvalue weighted by molar-refractivity contribution is -0.132. The first-order chi connectivity index (χ1) is 8.72.